The predicted molar refractivity (Wildman–Crippen MR) is 159 cm³/mol. The minimum absolute atomic E-state index is 0.00561. The summed E-state index contributed by atoms with van der Waals surface area (Å²) >= 11 is 0. The number of carbonyl (C=O) groups excluding carboxylic acids is 2. The van der Waals surface area contributed by atoms with Crippen LogP contribution in [-0.2, 0) is 41.6 Å². The molecule has 1 aliphatic carbocycles. The first kappa shape index (κ1) is 28.8. The van der Waals surface area contributed by atoms with Crippen molar-refractivity contribution in [3.8, 4) is 23.3 Å². The van der Waals surface area contributed by atoms with Gasteiger partial charge in [0.05, 0.1) is 38.0 Å². The number of rotatable bonds is 7. The Morgan fingerprint density at radius 1 is 1.14 bits per heavy atom. The molecule has 0 saturated carbocycles. The van der Waals surface area contributed by atoms with Crippen molar-refractivity contribution in [2.45, 2.75) is 81.3 Å². The molecule has 2 saturated heterocycles. The zero-order chi connectivity index (χ0) is 30.5. The number of esters is 2. The van der Waals surface area contributed by atoms with Gasteiger partial charge in [0.1, 0.15) is 11.4 Å². The first-order chi connectivity index (χ1) is 21.2. The molecule has 0 amide bonds. The van der Waals surface area contributed by atoms with E-state index in [9.17, 15) is 9.59 Å². The second-order valence-electron chi connectivity index (χ2n) is 12.7. The lowest BCUT2D eigenvalue weighted by Crippen LogP contribution is -2.56. The molecule has 4 aliphatic heterocycles. The third-order valence-corrected chi connectivity index (χ3v) is 9.52. The number of benzene rings is 2. The molecule has 7 rings (SSSR count). The zero-order valence-corrected chi connectivity index (χ0v) is 25.4. The van der Waals surface area contributed by atoms with Crippen LogP contribution in [0.15, 0.2) is 54.3 Å². The first-order valence-electron chi connectivity index (χ1n) is 15.3. The number of methoxy groups -OCH3 is 1. The molecule has 1 spiro atoms. The lowest BCUT2D eigenvalue weighted by Gasteiger charge is -2.41. The normalized spacial score (nSPS) is 28.2. The highest BCUT2D eigenvalue weighted by Gasteiger charge is 2.61. The summed E-state index contributed by atoms with van der Waals surface area (Å²) in [6.45, 7) is 6.15. The van der Waals surface area contributed by atoms with Crippen molar-refractivity contribution >= 4 is 11.9 Å². The third-order valence-electron chi connectivity index (χ3n) is 9.52. The summed E-state index contributed by atoms with van der Waals surface area (Å²) in [7, 11) is 1.61. The van der Waals surface area contributed by atoms with Crippen LogP contribution in [0.25, 0.3) is 0 Å². The van der Waals surface area contributed by atoms with Crippen LogP contribution < -0.4 is 9.47 Å². The highest BCUT2D eigenvalue weighted by molar-refractivity contribution is 5.94. The van der Waals surface area contributed by atoms with Gasteiger partial charge in [-0.1, -0.05) is 42.2 Å². The standard InChI is InChI=1S/C35H37NO8/c1-33(2,42-21-23-9-5-4-6-10-23)12-7-14-35(20-29(37)44-35)32(38)43-31-28(39-3)19-34-13-8-15-36(34)16-11-24-17-26-27(41-22-40-26)18-25(24)30(31)34/h4-6,9-10,17-19,30-31H,8,11,13-16,20-22H2,1-3H3/t30-,31-,34+,35-/m1/s1. The number of ether oxygens (including phenoxy) is 6. The van der Waals surface area contributed by atoms with Gasteiger partial charge in [0.15, 0.2) is 17.6 Å². The molecule has 5 aliphatic rings. The van der Waals surface area contributed by atoms with E-state index in [1.54, 1.807) is 7.11 Å². The molecule has 230 valence electrons. The molecule has 9 nitrogen and oxygen atoms in total. The molecule has 44 heavy (non-hydrogen) atoms. The predicted octanol–water partition coefficient (Wildman–Crippen LogP) is 4.42. The molecule has 9 heteroatoms. The maximum absolute atomic E-state index is 14.0. The van der Waals surface area contributed by atoms with Crippen LogP contribution in [0.2, 0.25) is 0 Å². The Morgan fingerprint density at radius 2 is 1.91 bits per heavy atom. The van der Waals surface area contributed by atoms with Crippen LogP contribution in [0, 0.1) is 11.8 Å². The molecule has 0 radical (unpaired) electrons. The highest BCUT2D eigenvalue weighted by atomic mass is 16.7. The maximum Gasteiger partial charge on any atom is 0.353 e. The number of nitrogens with zero attached hydrogens (tertiary/aromatic N) is 1. The van der Waals surface area contributed by atoms with Crippen LogP contribution in [0.4, 0.5) is 0 Å². The van der Waals surface area contributed by atoms with E-state index < -0.39 is 29.2 Å². The van der Waals surface area contributed by atoms with Gasteiger partial charge in [-0.15, -0.1) is 0 Å². The largest absolute Gasteiger partial charge is 0.497 e. The van der Waals surface area contributed by atoms with Gasteiger partial charge in [0.2, 0.25) is 12.4 Å². The molecular formula is C35H37NO8. The average molecular weight is 600 g/mol. The molecule has 2 aromatic rings. The van der Waals surface area contributed by atoms with Gasteiger partial charge in [-0.25, -0.2) is 4.79 Å². The number of fused-ring (bicyclic) bond motifs is 3. The van der Waals surface area contributed by atoms with Gasteiger partial charge >= 0.3 is 11.9 Å². The van der Waals surface area contributed by atoms with Gasteiger partial charge in [0.25, 0.3) is 0 Å². The van der Waals surface area contributed by atoms with E-state index in [2.05, 4.69) is 28.9 Å². The summed E-state index contributed by atoms with van der Waals surface area (Å²) in [6, 6.07) is 14.0. The number of carbonyl (C=O) groups is 2. The van der Waals surface area contributed by atoms with Crippen molar-refractivity contribution in [3.63, 3.8) is 0 Å². The molecule has 4 heterocycles. The van der Waals surface area contributed by atoms with Crippen molar-refractivity contribution in [3.05, 3.63) is 71.0 Å². The Balaban J connectivity index is 1.15. The Kier molecular flexibility index (Phi) is 7.10. The minimum atomic E-state index is -1.48. The second kappa shape index (κ2) is 10.9. The van der Waals surface area contributed by atoms with E-state index in [4.69, 9.17) is 28.4 Å². The first-order valence-corrected chi connectivity index (χ1v) is 15.3. The average Bonchev–Trinajstić information content (AvgIpc) is 3.69. The van der Waals surface area contributed by atoms with Crippen LogP contribution in [0.1, 0.15) is 62.1 Å². The number of cyclic esters (lactones) is 1. The van der Waals surface area contributed by atoms with Crippen LogP contribution in [0.5, 0.6) is 11.5 Å². The van der Waals surface area contributed by atoms with Crippen molar-refractivity contribution in [1.29, 1.82) is 0 Å². The van der Waals surface area contributed by atoms with Gasteiger partial charge < -0.3 is 28.4 Å². The quantitative estimate of drug-likeness (QED) is 0.339. The summed E-state index contributed by atoms with van der Waals surface area (Å²) in [4.78, 5) is 28.6. The van der Waals surface area contributed by atoms with Gasteiger partial charge in [-0.05, 0) is 74.6 Å². The zero-order valence-electron chi connectivity index (χ0n) is 25.4. The lowest BCUT2D eigenvalue weighted by atomic mass is 9.77. The Labute approximate surface area is 257 Å². The summed E-state index contributed by atoms with van der Waals surface area (Å²) < 4.78 is 35.3. The Bertz CT molecular complexity index is 1560. The summed E-state index contributed by atoms with van der Waals surface area (Å²) in [5.74, 6) is 6.92. The van der Waals surface area contributed by atoms with Gasteiger partial charge in [-0.2, -0.15) is 0 Å². The molecule has 0 unspecified atom stereocenters. The molecular weight excluding hydrogens is 562 g/mol. The van der Waals surface area contributed by atoms with E-state index in [1.165, 1.54) is 0 Å². The Hall–Kier alpha value is -4.00. The van der Waals surface area contributed by atoms with E-state index in [1.807, 2.05) is 50.2 Å². The maximum atomic E-state index is 14.0. The Morgan fingerprint density at radius 3 is 2.66 bits per heavy atom. The SMILES string of the molecule is COC1=C[C@]23CCCN2CCc2cc4c(cc2[C@@H]3[C@@H]1OC(=O)[C@@]1(CC#CC(C)(C)OCc2ccccc2)CC(=O)O1)OCO4. The minimum Gasteiger partial charge on any atom is -0.497 e. The topological polar surface area (TPSA) is 92.8 Å². The fourth-order valence-corrected chi connectivity index (χ4v) is 7.32. The molecule has 4 atom stereocenters. The lowest BCUT2D eigenvalue weighted by molar-refractivity contribution is -0.210. The smallest absolute Gasteiger partial charge is 0.353 e. The highest BCUT2D eigenvalue weighted by Crippen LogP contribution is 2.56. The van der Waals surface area contributed by atoms with Crippen molar-refractivity contribution in [1.82, 2.24) is 4.90 Å². The molecule has 0 N–H and O–H groups in total. The molecule has 0 aromatic heterocycles. The second-order valence-corrected chi connectivity index (χ2v) is 12.7. The van der Waals surface area contributed by atoms with E-state index >= 15 is 0 Å². The van der Waals surface area contributed by atoms with E-state index in [0.29, 0.717) is 18.1 Å². The fraction of sp³-hybridized carbons (Fsp3) is 0.486. The van der Waals surface area contributed by atoms with Crippen molar-refractivity contribution < 1.29 is 38.0 Å². The van der Waals surface area contributed by atoms with Crippen molar-refractivity contribution in [2.75, 3.05) is 27.0 Å². The van der Waals surface area contributed by atoms with E-state index in [0.717, 1.165) is 54.8 Å². The fourth-order valence-electron chi connectivity index (χ4n) is 7.32. The van der Waals surface area contributed by atoms with Gasteiger partial charge in [0, 0.05) is 6.54 Å². The summed E-state index contributed by atoms with van der Waals surface area (Å²) in [6.07, 6.45) is 4.14. The molecule has 2 aromatic carbocycles. The number of hydrogen-bond donors (Lipinski definition) is 0. The summed E-state index contributed by atoms with van der Waals surface area (Å²) in [5.41, 5.74) is 0.631. The van der Waals surface area contributed by atoms with Crippen LogP contribution >= 0.6 is 0 Å². The third kappa shape index (κ3) is 4.90. The monoisotopic (exact) mass is 599 g/mol. The van der Waals surface area contributed by atoms with Crippen LogP contribution in [0.3, 0.4) is 0 Å². The van der Waals surface area contributed by atoms with Crippen molar-refractivity contribution in [2.24, 2.45) is 0 Å². The number of hydrogen-bond acceptors (Lipinski definition) is 9. The van der Waals surface area contributed by atoms with Gasteiger partial charge in [-0.3, -0.25) is 9.69 Å². The molecule has 2 fully saturated rings. The molecule has 0 bridgehead atoms. The van der Waals surface area contributed by atoms with E-state index in [-0.39, 0.29) is 31.1 Å². The van der Waals surface area contributed by atoms with Crippen LogP contribution in [-0.4, -0.2) is 66.7 Å². The summed E-state index contributed by atoms with van der Waals surface area (Å²) in [5, 5.41) is 0.